The molecule has 122 valence electrons. The predicted octanol–water partition coefficient (Wildman–Crippen LogP) is 0.454. The number of halogens is 3. The van der Waals surface area contributed by atoms with Crippen molar-refractivity contribution in [2.75, 3.05) is 38.6 Å². The fourth-order valence-corrected chi connectivity index (χ4v) is 1.80. The molecule has 0 aromatic carbocycles. The summed E-state index contributed by atoms with van der Waals surface area (Å²) in [7, 11) is 0. The van der Waals surface area contributed by atoms with E-state index in [9.17, 15) is 13.2 Å². The molecule has 1 aromatic rings. The number of hydrogen-bond donors (Lipinski definition) is 3. The van der Waals surface area contributed by atoms with Gasteiger partial charge in [-0.15, -0.1) is 5.10 Å². The lowest BCUT2D eigenvalue weighted by Gasteiger charge is -2.29. The average Bonchev–Trinajstić information content (AvgIpc) is 2.89. The van der Waals surface area contributed by atoms with Gasteiger partial charge in [0, 0.05) is 19.3 Å². The fraction of sp³-hybridized carbons (Fsp3) is 0.545. The van der Waals surface area contributed by atoms with Crippen LogP contribution in [0, 0.1) is 5.41 Å². The smallest absolute Gasteiger partial charge is 0.403 e. The summed E-state index contributed by atoms with van der Waals surface area (Å²) in [6.07, 6.45) is -3.35. The monoisotopic (exact) mass is 320 g/mol. The molecule has 0 bridgehead atoms. The molecule has 0 unspecified atom stereocenters. The van der Waals surface area contributed by atoms with Crippen LogP contribution in [0.3, 0.4) is 0 Å². The van der Waals surface area contributed by atoms with Gasteiger partial charge in [0.25, 0.3) is 5.89 Å². The first-order chi connectivity index (χ1) is 10.4. The average molecular weight is 320 g/mol. The number of nitrogens with two attached hydrogens (primary N) is 1. The number of amidine groups is 1. The Bertz CT molecular complexity index is 550. The second kappa shape index (κ2) is 6.64. The maximum Gasteiger partial charge on any atom is 0.405 e. The van der Waals surface area contributed by atoms with Crippen LogP contribution in [0.25, 0.3) is 5.57 Å². The molecule has 1 saturated heterocycles. The summed E-state index contributed by atoms with van der Waals surface area (Å²) < 4.78 is 46.9. The Morgan fingerprint density at radius 2 is 2.05 bits per heavy atom. The molecule has 0 saturated carbocycles. The van der Waals surface area contributed by atoms with E-state index in [0.29, 0.717) is 26.3 Å². The Balaban J connectivity index is 2.17. The highest BCUT2D eigenvalue weighted by Crippen LogP contribution is 2.18. The zero-order chi connectivity index (χ0) is 16.2. The minimum Gasteiger partial charge on any atom is -0.403 e. The van der Waals surface area contributed by atoms with E-state index in [2.05, 4.69) is 15.5 Å². The molecule has 4 N–H and O–H groups in total. The Labute approximate surface area is 123 Å². The molecule has 2 heterocycles. The molecule has 1 aliphatic rings. The Hall–Kier alpha value is -2.30. The maximum atomic E-state index is 12.2. The molecule has 0 atom stereocenters. The van der Waals surface area contributed by atoms with Gasteiger partial charge in [0.15, 0.2) is 0 Å². The summed E-state index contributed by atoms with van der Waals surface area (Å²) in [5, 5.41) is 17.3. The van der Waals surface area contributed by atoms with Crippen LogP contribution in [0.2, 0.25) is 0 Å². The van der Waals surface area contributed by atoms with Gasteiger partial charge in [-0.05, 0) is 0 Å². The van der Waals surface area contributed by atoms with Gasteiger partial charge in [-0.25, -0.2) is 0 Å². The van der Waals surface area contributed by atoms with Crippen LogP contribution < -0.4 is 11.1 Å². The van der Waals surface area contributed by atoms with E-state index in [1.165, 1.54) is 0 Å². The van der Waals surface area contributed by atoms with Crippen molar-refractivity contribution in [3.8, 4) is 0 Å². The highest BCUT2D eigenvalue weighted by Gasteiger charge is 2.27. The molecular weight excluding hydrogens is 305 g/mol. The molecule has 0 radical (unpaired) electrons. The number of ether oxygens (including phenoxy) is 1. The SMILES string of the molecule is N=C(/C(=C\NCC(F)(F)F)c1nnc(N)o1)N1CCOCC1. The predicted molar refractivity (Wildman–Crippen MR) is 70.9 cm³/mol. The normalized spacial score (nSPS) is 16.7. The van der Waals surface area contributed by atoms with Crippen molar-refractivity contribution in [3.05, 3.63) is 12.1 Å². The van der Waals surface area contributed by atoms with Gasteiger partial charge in [0.05, 0.1) is 18.8 Å². The zero-order valence-electron chi connectivity index (χ0n) is 11.5. The summed E-state index contributed by atoms with van der Waals surface area (Å²) in [5.41, 5.74) is 5.36. The van der Waals surface area contributed by atoms with E-state index in [-0.39, 0.29) is 23.3 Å². The van der Waals surface area contributed by atoms with Crippen molar-refractivity contribution >= 4 is 17.4 Å². The number of hydrogen-bond acceptors (Lipinski definition) is 7. The number of anilines is 1. The van der Waals surface area contributed by atoms with Crippen molar-refractivity contribution < 1.29 is 22.3 Å². The first kappa shape index (κ1) is 16.1. The first-order valence-electron chi connectivity index (χ1n) is 6.38. The van der Waals surface area contributed by atoms with Crippen LogP contribution in [-0.4, -0.2) is 60.0 Å². The van der Waals surface area contributed by atoms with Crippen LogP contribution in [0.5, 0.6) is 0 Å². The van der Waals surface area contributed by atoms with Crippen molar-refractivity contribution in [2.45, 2.75) is 6.18 Å². The Morgan fingerprint density at radius 1 is 1.36 bits per heavy atom. The lowest BCUT2D eigenvalue weighted by Crippen LogP contribution is -2.41. The third-order valence-corrected chi connectivity index (χ3v) is 2.80. The van der Waals surface area contributed by atoms with Crippen LogP contribution in [0.4, 0.5) is 19.2 Å². The van der Waals surface area contributed by atoms with Crippen molar-refractivity contribution in [1.82, 2.24) is 20.4 Å². The van der Waals surface area contributed by atoms with Crippen molar-refractivity contribution in [3.63, 3.8) is 0 Å². The minimum absolute atomic E-state index is 0.0374. The third kappa shape index (κ3) is 4.35. The number of nitrogens with one attached hydrogen (secondary N) is 2. The largest absolute Gasteiger partial charge is 0.405 e. The van der Waals surface area contributed by atoms with Gasteiger partial charge < -0.3 is 25.1 Å². The van der Waals surface area contributed by atoms with Gasteiger partial charge in [-0.3, -0.25) is 5.41 Å². The number of nitrogens with zero attached hydrogens (tertiary/aromatic N) is 3. The van der Waals surface area contributed by atoms with Gasteiger partial charge in [-0.1, -0.05) is 5.10 Å². The molecular formula is C11H15F3N6O2. The number of alkyl halides is 3. The van der Waals surface area contributed by atoms with E-state index < -0.39 is 12.7 Å². The summed E-state index contributed by atoms with van der Waals surface area (Å²) in [5.74, 6) is -0.162. The first-order valence-corrected chi connectivity index (χ1v) is 6.38. The van der Waals surface area contributed by atoms with Gasteiger partial charge in [0.1, 0.15) is 12.4 Å². The minimum atomic E-state index is -4.38. The summed E-state index contributed by atoms with van der Waals surface area (Å²) >= 11 is 0. The summed E-state index contributed by atoms with van der Waals surface area (Å²) in [6, 6.07) is -0.230. The Kier molecular flexibility index (Phi) is 4.85. The molecule has 1 fully saturated rings. The second-order valence-electron chi connectivity index (χ2n) is 4.45. The maximum absolute atomic E-state index is 12.2. The van der Waals surface area contributed by atoms with Gasteiger partial charge in [0.2, 0.25) is 0 Å². The highest BCUT2D eigenvalue weighted by molar-refractivity contribution is 6.19. The van der Waals surface area contributed by atoms with Crippen LogP contribution >= 0.6 is 0 Å². The van der Waals surface area contributed by atoms with E-state index >= 15 is 0 Å². The van der Waals surface area contributed by atoms with Gasteiger partial charge in [-0.2, -0.15) is 13.2 Å². The molecule has 11 heteroatoms. The topological polar surface area (TPSA) is 113 Å². The quantitative estimate of drug-likeness (QED) is 0.545. The van der Waals surface area contributed by atoms with E-state index in [4.69, 9.17) is 20.3 Å². The second-order valence-corrected chi connectivity index (χ2v) is 4.45. The molecule has 0 spiro atoms. The number of rotatable bonds is 4. The van der Waals surface area contributed by atoms with E-state index in [1.54, 1.807) is 4.90 Å². The van der Waals surface area contributed by atoms with Crippen LogP contribution in [0.1, 0.15) is 5.89 Å². The lowest BCUT2D eigenvalue weighted by molar-refractivity contribution is -0.122. The lowest BCUT2D eigenvalue weighted by atomic mass is 10.2. The number of aromatic nitrogens is 2. The molecule has 1 aliphatic heterocycles. The van der Waals surface area contributed by atoms with Gasteiger partial charge >= 0.3 is 12.2 Å². The highest BCUT2D eigenvalue weighted by atomic mass is 19.4. The van der Waals surface area contributed by atoms with E-state index in [1.807, 2.05) is 0 Å². The number of morpholine rings is 1. The van der Waals surface area contributed by atoms with Crippen LogP contribution in [0.15, 0.2) is 10.6 Å². The number of nitrogen functional groups attached to an aromatic ring is 1. The van der Waals surface area contributed by atoms with E-state index in [0.717, 1.165) is 6.20 Å². The molecule has 0 aliphatic carbocycles. The molecule has 8 nitrogen and oxygen atoms in total. The third-order valence-electron chi connectivity index (χ3n) is 2.80. The van der Waals surface area contributed by atoms with Crippen molar-refractivity contribution in [1.29, 1.82) is 5.41 Å². The summed E-state index contributed by atoms with van der Waals surface area (Å²) in [4.78, 5) is 1.64. The summed E-state index contributed by atoms with van der Waals surface area (Å²) in [6.45, 7) is 0.504. The molecule has 0 amide bonds. The zero-order valence-corrected chi connectivity index (χ0v) is 11.5. The molecule has 22 heavy (non-hydrogen) atoms. The van der Waals surface area contributed by atoms with Crippen molar-refractivity contribution in [2.24, 2.45) is 0 Å². The fourth-order valence-electron chi connectivity index (χ4n) is 1.80. The Morgan fingerprint density at radius 3 is 2.59 bits per heavy atom. The van der Waals surface area contributed by atoms with Crippen LogP contribution in [-0.2, 0) is 4.74 Å². The molecule has 2 rings (SSSR count). The standard InChI is InChI=1S/C11H15F3N6O2/c12-11(13,14)6-17-5-7(9-18-19-10(16)22-9)8(15)20-1-3-21-4-2-20/h5,15,17H,1-4,6H2,(H2,16,19)/b7-5+,15-8?. The molecule has 1 aromatic heterocycles.